The predicted octanol–water partition coefficient (Wildman–Crippen LogP) is 2.87. The first-order chi connectivity index (χ1) is 9.24. The first-order valence-corrected chi connectivity index (χ1v) is 6.89. The SMILES string of the molecule is O=C1Nc2ccc(Br)cc2C1NCCc1ccco1. The topological polar surface area (TPSA) is 54.3 Å². The predicted molar refractivity (Wildman–Crippen MR) is 75.9 cm³/mol. The van der Waals surface area contributed by atoms with Gasteiger partial charge in [-0.15, -0.1) is 0 Å². The summed E-state index contributed by atoms with van der Waals surface area (Å²) in [6.07, 6.45) is 2.42. The molecule has 19 heavy (non-hydrogen) atoms. The summed E-state index contributed by atoms with van der Waals surface area (Å²) in [4.78, 5) is 11.9. The van der Waals surface area contributed by atoms with Crippen LogP contribution in [0.1, 0.15) is 17.4 Å². The number of carbonyl (C=O) groups excluding carboxylic acids is 1. The molecule has 2 heterocycles. The smallest absolute Gasteiger partial charge is 0.246 e. The van der Waals surface area contributed by atoms with Crippen LogP contribution in [-0.2, 0) is 11.2 Å². The van der Waals surface area contributed by atoms with Gasteiger partial charge in [-0.3, -0.25) is 4.79 Å². The Labute approximate surface area is 119 Å². The van der Waals surface area contributed by atoms with Crippen molar-refractivity contribution in [1.29, 1.82) is 0 Å². The molecular formula is C14H13BrN2O2. The fourth-order valence-electron chi connectivity index (χ4n) is 2.23. The minimum atomic E-state index is -0.289. The number of fused-ring (bicyclic) bond motifs is 1. The molecule has 0 fully saturated rings. The van der Waals surface area contributed by atoms with E-state index in [9.17, 15) is 4.79 Å². The summed E-state index contributed by atoms with van der Waals surface area (Å²) >= 11 is 3.43. The highest BCUT2D eigenvalue weighted by Crippen LogP contribution is 2.32. The minimum Gasteiger partial charge on any atom is -0.469 e. The molecule has 98 valence electrons. The van der Waals surface area contributed by atoms with Gasteiger partial charge in [0.1, 0.15) is 11.8 Å². The quantitative estimate of drug-likeness (QED) is 0.910. The van der Waals surface area contributed by atoms with Gasteiger partial charge in [0.15, 0.2) is 0 Å². The van der Waals surface area contributed by atoms with Gasteiger partial charge in [-0.05, 0) is 30.3 Å². The third-order valence-electron chi connectivity index (χ3n) is 3.14. The van der Waals surface area contributed by atoms with Crippen LogP contribution >= 0.6 is 15.9 Å². The van der Waals surface area contributed by atoms with Crippen LogP contribution in [0.25, 0.3) is 0 Å². The summed E-state index contributed by atoms with van der Waals surface area (Å²) in [7, 11) is 0. The molecule has 1 aromatic carbocycles. The molecule has 2 N–H and O–H groups in total. The molecule has 0 saturated carbocycles. The summed E-state index contributed by atoms with van der Waals surface area (Å²) in [6, 6.07) is 9.31. The van der Waals surface area contributed by atoms with E-state index >= 15 is 0 Å². The molecule has 0 bridgehead atoms. The number of furan rings is 1. The van der Waals surface area contributed by atoms with E-state index in [0.717, 1.165) is 27.9 Å². The minimum absolute atomic E-state index is 0.00690. The molecule has 1 aromatic heterocycles. The maximum atomic E-state index is 11.9. The molecule has 2 aromatic rings. The van der Waals surface area contributed by atoms with Crippen LogP contribution in [0.5, 0.6) is 0 Å². The molecular weight excluding hydrogens is 308 g/mol. The van der Waals surface area contributed by atoms with E-state index < -0.39 is 0 Å². The lowest BCUT2D eigenvalue weighted by atomic mass is 10.1. The Balaban J connectivity index is 1.68. The van der Waals surface area contributed by atoms with Gasteiger partial charge < -0.3 is 15.1 Å². The molecule has 1 unspecified atom stereocenters. The Bertz CT molecular complexity index is 595. The van der Waals surface area contributed by atoms with E-state index in [1.165, 1.54) is 0 Å². The van der Waals surface area contributed by atoms with E-state index in [-0.39, 0.29) is 11.9 Å². The van der Waals surface area contributed by atoms with Crippen molar-refractivity contribution in [3.8, 4) is 0 Å². The number of anilines is 1. The normalized spacial score (nSPS) is 17.3. The highest BCUT2D eigenvalue weighted by molar-refractivity contribution is 9.10. The molecule has 4 nitrogen and oxygen atoms in total. The molecule has 0 radical (unpaired) electrons. The van der Waals surface area contributed by atoms with Crippen LogP contribution in [-0.4, -0.2) is 12.5 Å². The maximum absolute atomic E-state index is 11.9. The standard InChI is InChI=1S/C14H13BrN2O2/c15-9-3-4-12-11(8-9)13(14(18)17-12)16-6-5-10-2-1-7-19-10/h1-4,7-8,13,16H,5-6H2,(H,17,18). The molecule has 1 aliphatic heterocycles. The average Bonchev–Trinajstić information content (AvgIpc) is 2.99. The molecule has 3 rings (SSSR count). The van der Waals surface area contributed by atoms with Crippen molar-refractivity contribution in [2.24, 2.45) is 0 Å². The van der Waals surface area contributed by atoms with Crippen molar-refractivity contribution in [2.75, 3.05) is 11.9 Å². The Morgan fingerprint density at radius 1 is 1.37 bits per heavy atom. The van der Waals surface area contributed by atoms with Gasteiger partial charge >= 0.3 is 0 Å². The fourth-order valence-corrected chi connectivity index (χ4v) is 2.61. The first kappa shape index (κ1) is 12.4. The molecule has 1 atom stereocenters. The van der Waals surface area contributed by atoms with Gasteiger partial charge in [0.2, 0.25) is 5.91 Å². The molecule has 0 saturated heterocycles. The van der Waals surface area contributed by atoms with Crippen LogP contribution in [0.4, 0.5) is 5.69 Å². The van der Waals surface area contributed by atoms with Crippen LogP contribution in [0.15, 0.2) is 45.5 Å². The highest BCUT2D eigenvalue weighted by Gasteiger charge is 2.29. The largest absolute Gasteiger partial charge is 0.469 e. The summed E-state index contributed by atoms with van der Waals surface area (Å²) in [5.74, 6) is 0.910. The maximum Gasteiger partial charge on any atom is 0.246 e. The second kappa shape index (κ2) is 5.19. The Morgan fingerprint density at radius 2 is 2.26 bits per heavy atom. The number of nitrogens with one attached hydrogen (secondary N) is 2. The number of amides is 1. The second-order valence-electron chi connectivity index (χ2n) is 4.44. The number of halogens is 1. The van der Waals surface area contributed by atoms with Gasteiger partial charge in [0, 0.05) is 28.7 Å². The van der Waals surface area contributed by atoms with E-state index in [4.69, 9.17) is 4.42 Å². The summed E-state index contributed by atoms with van der Waals surface area (Å²) < 4.78 is 6.24. The third kappa shape index (κ3) is 2.57. The van der Waals surface area contributed by atoms with Gasteiger partial charge in [-0.25, -0.2) is 0 Å². The lowest BCUT2D eigenvalue weighted by Crippen LogP contribution is -2.29. The number of hydrogen-bond donors (Lipinski definition) is 2. The van der Waals surface area contributed by atoms with Crippen LogP contribution in [0, 0.1) is 0 Å². The van der Waals surface area contributed by atoms with Crippen LogP contribution < -0.4 is 10.6 Å². The second-order valence-corrected chi connectivity index (χ2v) is 5.35. The van der Waals surface area contributed by atoms with E-state index in [2.05, 4.69) is 26.6 Å². The molecule has 1 aliphatic rings. The molecule has 1 amide bonds. The monoisotopic (exact) mass is 320 g/mol. The van der Waals surface area contributed by atoms with E-state index in [1.807, 2.05) is 30.3 Å². The van der Waals surface area contributed by atoms with Gasteiger partial charge in [-0.1, -0.05) is 15.9 Å². The Hall–Kier alpha value is -1.59. The zero-order valence-corrected chi connectivity index (χ0v) is 11.7. The van der Waals surface area contributed by atoms with Gasteiger partial charge in [0.25, 0.3) is 0 Å². The van der Waals surface area contributed by atoms with Crippen molar-refractivity contribution in [3.05, 3.63) is 52.4 Å². The molecule has 0 spiro atoms. The summed E-state index contributed by atoms with van der Waals surface area (Å²) in [5.41, 5.74) is 1.86. The number of benzene rings is 1. The lowest BCUT2D eigenvalue weighted by molar-refractivity contribution is -0.117. The number of carbonyl (C=O) groups is 1. The van der Waals surface area contributed by atoms with Crippen molar-refractivity contribution in [1.82, 2.24) is 5.32 Å². The van der Waals surface area contributed by atoms with Crippen molar-refractivity contribution >= 4 is 27.5 Å². The Morgan fingerprint density at radius 3 is 3.05 bits per heavy atom. The van der Waals surface area contributed by atoms with E-state index in [0.29, 0.717) is 6.54 Å². The fraction of sp³-hybridized carbons (Fsp3) is 0.214. The first-order valence-electron chi connectivity index (χ1n) is 6.10. The number of rotatable bonds is 4. The molecule has 5 heteroatoms. The highest BCUT2D eigenvalue weighted by atomic mass is 79.9. The van der Waals surface area contributed by atoms with Crippen molar-refractivity contribution in [2.45, 2.75) is 12.5 Å². The lowest BCUT2D eigenvalue weighted by Gasteiger charge is -2.10. The number of hydrogen-bond acceptors (Lipinski definition) is 3. The van der Waals surface area contributed by atoms with Crippen molar-refractivity contribution in [3.63, 3.8) is 0 Å². The van der Waals surface area contributed by atoms with E-state index in [1.54, 1.807) is 6.26 Å². The summed E-state index contributed by atoms with van der Waals surface area (Å²) in [5, 5.41) is 6.13. The average molecular weight is 321 g/mol. The summed E-state index contributed by atoms with van der Waals surface area (Å²) in [6.45, 7) is 0.692. The Kier molecular flexibility index (Phi) is 3.40. The molecule has 0 aliphatic carbocycles. The van der Waals surface area contributed by atoms with Crippen molar-refractivity contribution < 1.29 is 9.21 Å². The zero-order valence-electron chi connectivity index (χ0n) is 10.2. The van der Waals surface area contributed by atoms with Crippen LogP contribution in [0.3, 0.4) is 0 Å². The van der Waals surface area contributed by atoms with Gasteiger partial charge in [-0.2, -0.15) is 0 Å². The third-order valence-corrected chi connectivity index (χ3v) is 3.64. The zero-order chi connectivity index (χ0) is 13.2. The van der Waals surface area contributed by atoms with Crippen LogP contribution in [0.2, 0.25) is 0 Å². The van der Waals surface area contributed by atoms with Gasteiger partial charge in [0.05, 0.1) is 6.26 Å².